The van der Waals surface area contributed by atoms with Crippen LogP contribution in [0.4, 0.5) is 5.82 Å². The third kappa shape index (κ3) is 3.62. The average Bonchev–Trinajstić information content (AvgIpc) is 2.33. The van der Waals surface area contributed by atoms with Crippen LogP contribution in [-0.4, -0.2) is 23.8 Å². The number of methoxy groups -OCH3 is 1. The van der Waals surface area contributed by atoms with Gasteiger partial charge in [-0.3, -0.25) is 5.41 Å². The van der Waals surface area contributed by atoms with Gasteiger partial charge >= 0.3 is 5.97 Å². The number of hydrogen-bond acceptors (Lipinski definition) is 5. The van der Waals surface area contributed by atoms with Crippen LogP contribution in [0.2, 0.25) is 0 Å². The Labute approximate surface area is 103 Å². The van der Waals surface area contributed by atoms with Gasteiger partial charge < -0.3 is 10.5 Å². The van der Waals surface area contributed by atoms with Gasteiger partial charge in [-0.2, -0.15) is 0 Å². The summed E-state index contributed by atoms with van der Waals surface area (Å²) < 4.78 is 5.05. The van der Waals surface area contributed by atoms with Crippen molar-refractivity contribution < 1.29 is 9.53 Å². The number of esters is 1. The smallest absolute Gasteiger partial charge is 0.356 e. The molecule has 0 aliphatic heterocycles. The summed E-state index contributed by atoms with van der Waals surface area (Å²) in [5.74, 6) is -0.611. The summed E-state index contributed by atoms with van der Waals surface area (Å²) >= 11 is 3.17. The summed E-state index contributed by atoms with van der Waals surface area (Å²) in [5, 5.41) is 7.46. The molecule has 0 saturated heterocycles. The predicted molar refractivity (Wildman–Crippen MR) is 66.5 cm³/mol. The first kappa shape index (κ1) is 14.6. The Kier molecular flexibility index (Phi) is 6.32. The number of nitrogen functional groups attached to an aromatic ring is 1. The second-order valence-electron chi connectivity index (χ2n) is 2.45. The van der Waals surface area contributed by atoms with Gasteiger partial charge in [0.15, 0.2) is 5.71 Å². The number of nitrogens with two attached hydrogens (primary N) is 1. The fourth-order valence-corrected chi connectivity index (χ4v) is 1.19. The molecule has 3 N–H and O–H groups in total. The van der Waals surface area contributed by atoms with Gasteiger partial charge in [0, 0.05) is 10.7 Å². The van der Waals surface area contributed by atoms with Crippen LogP contribution in [0.1, 0.15) is 19.4 Å². The number of nitrogens with one attached hydrogen (secondary N) is 1. The minimum absolute atomic E-state index is 0.128. The number of carbonyl (C=O) groups is 1. The Morgan fingerprint density at radius 2 is 2.12 bits per heavy atom. The van der Waals surface area contributed by atoms with E-state index in [2.05, 4.69) is 25.7 Å². The first-order valence-corrected chi connectivity index (χ1v) is 5.43. The molecule has 0 atom stereocenters. The normalized spacial score (nSPS) is 8.75. The van der Waals surface area contributed by atoms with Gasteiger partial charge in [0.1, 0.15) is 5.82 Å². The number of hydrogen-bond donors (Lipinski definition) is 2. The first-order valence-electron chi connectivity index (χ1n) is 4.64. The van der Waals surface area contributed by atoms with Crippen LogP contribution in [0.15, 0.2) is 16.7 Å². The molecule has 0 radical (unpaired) electrons. The van der Waals surface area contributed by atoms with Crippen molar-refractivity contribution in [3.8, 4) is 0 Å². The Morgan fingerprint density at radius 1 is 1.56 bits per heavy atom. The Morgan fingerprint density at radius 3 is 2.62 bits per heavy atom. The highest BCUT2D eigenvalue weighted by Gasteiger charge is 2.15. The van der Waals surface area contributed by atoms with E-state index in [0.29, 0.717) is 4.47 Å². The van der Waals surface area contributed by atoms with Gasteiger partial charge in [-0.25, -0.2) is 9.78 Å². The molecule has 1 aromatic heterocycles. The molecule has 0 unspecified atom stereocenters. The molecule has 1 aromatic rings. The standard InChI is InChI=1S/C8H8BrN3O2.C2H6/c1-14-8(13)6(10)5-2-4(9)3-12-7(5)11;1-2/h2-3,10H,1H3,(H2,11,12);1-2H3. The minimum Gasteiger partial charge on any atom is -0.464 e. The summed E-state index contributed by atoms with van der Waals surface area (Å²) in [5.41, 5.74) is 5.45. The van der Waals surface area contributed by atoms with E-state index in [1.54, 1.807) is 6.07 Å². The van der Waals surface area contributed by atoms with Crippen molar-refractivity contribution in [1.82, 2.24) is 4.98 Å². The first-order chi connectivity index (χ1) is 7.56. The van der Waals surface area contributed by atoms with Crippen molar-refractivity contribution in [3.05, 3.63) is 22.3 Å². The zero-order valence-electron chi connectivity index (χ0n) is 9.37. The lowest BCUT2D eigenvalue weighted by molar-refractivity contribution is -0.132. The van der Waals surface area contributed by atoms with Crippen molar-refractivity contribution in [3.63, 3.8) is 0 Å². The molecule has 0 amide bonds. The number of anilines is 1. The van der Waals surface area contributed by atoms with Gasteiger partial charge in [-0.05, 0) is 22.0 Å². The second kappa shape index (κ2) is 6.95. The van der Waals surface area contributed by atoms with Gasteiger partial charge in [0.05, 0.1) is 12.7 Å². The van der Waals surface area contributed by atoms with Gasteiger partial charge in [0.25, 0.3) is 0 Å². The maximum atomic E-state index is 11.0. The molecule has 0 spiro atoms. The number of halogens is 1. The lowest BCUT2D eigenvalue weighted by Crippen LogP contribution is -2.17. The highest BCUT2D eigenvalue weighted by atomic mass is 79.9. The monoisotopic (exact) mass is 287 g/mol. The van der Waals surface area contributed by atoms with Gasteiger partial charge in [-0.1, -0.05) is 13.8 Å². The van der Waals surface area contributed by atoms with E-state index >= 15 is 0 Å². The van der Waals surface area contributed by atoms with Crippen molar-refractivity contribution in [2.75, 3.05) is 12.8 Å². The molecular weight excluding hydrogens is 274 g/mol. The van der Waals surface area contributed by atoms with Crippen LogP contribution in [0.3, 0.4) is 0 Å². The summed E-state index contributed by atoms with van der Waals surface area (Å²) in [6.07, 6.45) is 1.49. The van der Waals surface area contributed by atoms with Crippen LogP contribution >= 0.6 is 15.9 Å². The van der Waals surface area contributed by atoms with E-state index in [1.165, 1.54) is 13.3 Å². The van der Waals surface area contributed by atoms with Crippen molar-refractivity contribution in [2.45, 2.75) is 13.8 Å². The molecule has 0 aromatic carbocycles. The van der Waals surface area contributed by atoms with Crippen molar-refractivity contribution in [1.29, 1.82) is 5.41 Å². The van der Waals surface area contributed by atoms with E-state index in [-0.39, 0.29) is 17.1 Å². The summed E-state index contributed by atoms with van der Waals surface area (Å²) in [7, 11) is 1.21. The molecule has 6 heteroatoms. The fourth-order valence-electron chi connectivity index (χ4n) is 0.862. The molecule has 1 heterocycles. The molecule has 5 nitrogen and oxygen atoms in total. The Bertz CT molecular complexity index is 394. The minimum atomic E-state index is -0.739. The molecule has 88 valence electrons. The maximum Gasteiger partial charge on any atom is 0.356 e. The Balaban J connectivity index is 0.00000106. The van der Waals surface area contributed by atoms with Crippen molar-refractivity contribution >= 4 is 33.4 Å². The third-order valence-corrected chi connectivity index (χ3v) is 1.98. The third-order valence-electron chi connectivity index (χ3n) is 1.54. The molecule has 0 aliphatic carbocycles. The van der Waals surface area contributed by atoms with E-state index < -0.39 is 5.97 Å². The summed E-state index contributed by atoms with van der Waals surface area (Å²) in [4.78, 5) is 14.8. The molecule has 16 heavy (non-hydrogen) atoms. The molecule has 0 bridgehead atoms. The lowest BCUT2D eigenvalue weighted by Gasteiger charge is -2.04. The SMILES string of the molecule is CC.COC(=O)C(=N)c1cc(Br)cnc1N. The van der Waals surface area contributed by atoms with Crippen LogP contribution in [0.25, 0.3) is 0 Å². The molecule has 0 fully saturated rings. The largest absolute Gasteiger partial charge is 0.464 e. The van der Waals surface area contributed by atoms with Crippen LogP contribution < -0.4 is 5.73 Å². The number of pyridine rings is 1. The molecule has 0 saturated carbocycles. The number of rotatable bonds is 2. The summed E-state index contributed by atoms with van der Waals surface area (Å²) in [6, 6.07) is 1.54. The van der Waals surface area contributed by atoms with E-state index in [4.69, 9.17) is 11.1 Å². The van der Waals surface area contributed by atoms with E-state index in [1.807, 2.05) is 13.8 Å². The highest BCUT2D eigenvalue weighted by molar-refractivity contribution is 9.10. The number of carbonyl (C=O) groups excluding carboxylic acids is 1. The van der Waals surface area contributed by atoms with Crippen molar-refractivity contribution in [2.24, 2.45) is 0 Å². The van der Waals surface area contributed by atoms with Crippen LogP contribution in [-0.2, 0) is 9.53 Å². The Hall–Kier alpha value is -1.43. The maximum absolute atomic E-state index is 11.0. The van der Waals surface area contributed by atoms with E-state index in [9.17, 15) is 4.79 Å². The van der Waals surface area contributed by atoms with Crippen LogP contribution in [0, 0.1) is 5.41 Å². The molecular formula is C10H14BrN3O2. The molecule has 0 aliphatic rings. The average molecular weight is 288 g/mol. The summed E-state index contributed by atoms with van der Waals surface area (Å²) in [6.45, 7) is 4.00. The molecule has 1 rings (SSSR count). The van der Waals surface area contributed by atoms with Crippen LogP contribution in [0.5, 0.6) is 0 Å². The predicted octanol–water partition coefficient (Wildman–Crippen LogP) is 1.99. The zero-order valence-corrected chi connectivity index (χ0v) is 11.0. The zero-order chi connectivity index (χ0) is 12.7. The number of aromatic nitrogens is 1. The highest BCUT2D eigenvalue weighted by Crippen LogP contribution is 2.16. The quantitative estimate of drug-likeness (QED) is 0.643. The topological polar surface area (TPSA) is 89.1 Å². The number of ether oxygens (including phenoxy) is 1. The second-order valence-corrected chi connectivity index (χ2v) is 3.37. The van der Waals surface area contributed by atoms with Gasteiger partial charge in [0.2, 0.25) is 0 Å². The van der Waals surface area contributed by atoms with E-state index in [0.717, 1.165) is 0 Å². The fraction of sp³-hybridized carbons (Fsp3) is 0.300. The van der Waals surface area contributed by atoms with Gasteiger partial charge in [-0.15, -0.1) is 0 Å². The lowest BCUT2D eigenvalue weighted by atomic mass is 10.1. The number of nitrogens with zero attached hydrogens (tertiary/aromatic N) is 1.